The average molecular weight is 277 g/mol. The number of nitrogens with zero attached hydrogens (tertiary/aromatic N) is 2. The highest BCUT2D eigenvalue weighted by molar-refractivity contribution is 5.48. The van der Waals surface area contributed by atoms with Crippen molar-refractivity contribution in [2.75, 3.05) is 50.7 Å². The third-order valence-corrected chi connectivity index (χ3v) is 3.81. The molecular weight excluding hydrogens is 246 g/mol. The van der Waals surface area contributed by atoms with Crippen LogP contribution in [0.2, 0.25) is 0 Å². The molecule has 114 valence electrons. The molecule has 1 aromatic carbocycles. The molecule has 0 aliphatic rings. The minimum atomic E-state index is 1.04. The molecule has 3 nitrogen and oxygen atoms in total. The Morgan fingerprint density at radius 1 is 0.950 bits per heavy atom. The molecule has 1 aromatic rings. The summed E-state index contributed by atoms with van der Waals surface area (Å²) in [5, 5.41) is 3.55. The van der Waals surface area contributed by atoms with Gasteiger partial charge in [-0.25, -0.2) is 0 Å². The Kier molecular flexibility index (Phi) is 8.31. The van der Waals surface area contributed by atoms with Gasteiger partial charge in [-0.1, -0.05) is 26.0 Å². The fraction of sp³-hybridized carbons (Fsp3) is 0.647. The normalized spacial score (nSPS) is 11.1. The maximum absolute atomic E-state index is 3.55. The number of benzene rings is 1. The van der Waals surface area contributed by atoms with E-state index in [4.69, 9.17) is 0 Å². The van der Waals surface area contributed by atoms with Gasteiger partial charge >= 0.3 is 0 Å². The Labute approximate surface area is 125 Å². The lowest BCUT2D eigenvalue weighted by atomic mass is 10.2. The van der Waals surface area contributed by atoms with Gasteiger partial charge in [-0.15, -0.1) is 0 Å². The molecule has 0 fully saturated rings. The van der Waals surface area contributed by atoms with Crippen molar-refractivity contribution in [1.29, 1.82) is 0 Å². The number of likely N-dealkylation sites (N-methyl/N-ethyl adjacent to an activating group) is 2. The van der Waals surface area contributed by atoms with Crippen LogP contribution in [-0.2, 0) is 0 Å². The Bertz CT molecular complexity index is 361. The van der Waals surface area contributed by atoms with Gasteiger partial charge in [-0.3, -0.25) is 0 Å². The molecule has 0 aromatic heterocycles. The second-order valence-electron chi connectivity index (χ2n) is 5.20. The summed E-state index contributed by atoms with van der Waals surface area (Å²) in [6.45, 7) is 16.5. The number of nitrogens with one attached hydrogen (secondary N) is 1. The van der Waals surface area contributed by atoms with Gasteiger partial charge < -0.3 is 15.1 Å². The van der Waals surface area contributed by atoms with E-state index in [1.807, 2.05) is 0 Å². The maximum Gasteiger partial charge on any atom is 0.0369 e. The van der Waals surface area contributed by atoms with Crippen LogP contribution in [0.5, 0.6) is 0 Å². The van der Waals surface area contributed by atoms with Crippen LogP contribution in [0.25, 0.3) is 0 Å². The number of rotatable bonds is 10. The SMILES string of the molecule is CCN(CC)CCNCCN(CC)c1cccc(C)c1. The van der Waals surface area contributed by atoms with Gasteiger partial charge in [-0.05, 0) is 44.6 Å². The molecule has 0 heterocycles. The van der Waals surface area contributed by atoms with E-state index in [1.54, 1.807) is 0 Å². The molecular formula is C17H31N3. The summed E-state index contributed by atoms with van der Waals surface area (Å²) in [5.74, 6) is 0. The molecule has 20 heavy (non-hydrogen) atoms. The highest BCUT2D eigenvalue weighted by atomic mass is 15.2. The van der Waals surface area contributed by atoms with Crippen LogP contribution in [0, 0.1) is 6.92 Å². The molecule has 0 aliphatic heterocycles. The highest BCUT2D eigenvalue weighted by Gasteiger charge is 2.04. The Balaban J connectivity index is 2.28. The second kappa shape index (κ2) is 9.78. The molecule has 3 heteroatoms. The maximum atomic E-state index is 3.55. The monoisotopic (exact) mass is 277 g/mol. The van der Waals surface area contributed by atoms with Gasteiger partial charge in [0.15, 0.2) is 0 Å². The van der Waals surface area contributed by atoms with Crippen molar-refractivity contribution in [3.8, 4) is 0 Å². The van der Waals surface area contributed by atoms with E-state index < -0.39 is 0 Å². The Morgan fingerprint density at radius 2 is 1.65 bits per heavy atom. The van der Waals surface area contributed by atoms with Gasteiger partial charge in [0.1, 0.15) is 0 Å². The standard InChI is InChI=1S/C17H31N3/c1-5-19(6-2)13-11-18-12-14-20(7-3)17-10-8-9-16(4)15-17/h8-10,15,18H,5-7,11-14H2,1-4H3. The van der Waals surface area contributed by atoms with Crippen LogP contribution in [0.1, 0.15) is 26.3 Å². The average Bonchev–Trinajstić information content (AvgIpc) is 2.47. The molecule has 0 saturated carbocycles. The lowest BCUT2D eigenvalue weighted by Gasteiger charge is -2.24. The zero-order chi connectivity index (χ0) is 14.8. The molecule has 0 bridgehead atoms. The molecule has 0 atom stereocenters. The smallest absolute Gasteiger partial charge is 0.0369 e. The lowest BCUT2D eigenvalue weighted by molar-refractivity contribution is 0.303. The van der Waals surface area contributed by atoms with Crippen LogP contribution in [0.3, 0.4) is 0 Å². The van der Waals surface area contributed by atoms with E-state index >= 15 is 0 Å². The quantitative estimate of drug-likeness (QED) is 0.664. The molecule has 0 spiro atoms. The third kappa shape index (κ3) is 5.93. The summed E-state index contributed by atoms with van der Waals surface area (Å²) in [7, 11) is 0. The van der Waals surface area contributed by atoms with Crippen LogP contribution >= 0.6 is 0 Å². The largest absolute Gasteiger partial charge is 0.371 e. The van der Waals surface area contributed by atoms with Gasteiger partial charge in [0, 0.05) is 38.4 Å². The first kappa shape index (κ1) is 17.0. The Morgan fingerprint density at radius 3 is 2.25 bits per heavy atom. The van der Waals surface area contributed by atoms with Crippen molar-refractivity contribution in [2.24, 2.45) is 0 Å². The number of hydrogen-bond donors (Lipinski definition) is 1. The van der Waals surface area contributed by atoms with Crippen LogP contribution in [0.4, 0.5) is 5.69 Å². The van der Waals surface area contributed by atoms with Crippen molar-refractivity contribution in [2.45, 2.75) is 27.7 Å². The van der Waals surface area contributed by atoms with Crippen molar-refractivity contribution in [1.82, 2.24) is 10.2 Å². The van der Waals surface area contributed by atoms with Crippen LogP contribution in [-0.4, -0.2) is 50.7 Å². The van der Waals surface area contributed by atoms with Gasteiger partial charge in [0.2, 0.25) is 0 Å². The van der Waals surface area contributed by atoms with E-state index in [-0.39, 0.29) is 0 Å². The van der Waals surface area contributed by atoms with E-state index in [0.717, 1.165) is 45.8 Å². The number of aryl methyl sites for hydroxylation is 1. The molecule has 0 amide bonds. The topological polar surface area (TPSA) is 18.5 Å². The van der Waals surface area contributed by atoms with E-state index in [2.05, 4.69) is 67.1 Å². The molecule has 0 aliphatic carbocycles. The van der Waals surface area contributed by atoms with Crippen molar-refractivity contribution >= 4 is 5.69 Å². The predicted octanol–water partition coefficient (Wildman–Crippen LogP) is 2.75. The summed E-state index contributed by atoms with van der Waals surface area (Å²) >= 11 is 0. The summed E-state index contributed by atoms with van der Waals surface area (Å²) in [6, 6.07) is 8.76. The number of hydrogen-bond acceptors (Lipinski definition) is 3. The minimum absolute atomic E-state index is 1.04. The Hall–Kier alpha value is -1.06. The highest BCUT2D eigenvalue weighted by Crippen LogP contribution is 2.14. The summed E-state index contributed by atoms with van der Waals surface area (Å²) in [6.07, 6.45) is 0. The molecule has 0 radical (unpaired) electrons. The second-order valence-corrected chi connectivity index (χ2v) is 5.20. The summed E-state index contributed by atoms with van der Waals surface area (Å²) < 4.78 is 0. The first-order chi connectivity index (χ1) is 9.71. The van der Waals surface area contributed by atoms with Crippen molar-refractivity contribution < 1.29 is 0 Å². The summed E-state index contributed by atoms with van der Waals surface area (Å²) in [4.78, 5) is 4.88. The summed E-state index contributed by atoms with van der Waals surface area (Å²) in [5.41, 5.74) is 2.66. The number of anilines is 1. The fourth-order valence-electron chi connectivity index (χ4n) is 2.41. The van der Waals surface area contributed by atoms with Gasteiger partial charge in [-0.2, -0.15) is 0 Å². The predicted molar refractivity (Wildman–Crippen MR) is 89.7 cm³/mol. The van der Waals surface area contributed by atoms with E-state index in [0.29, 0.717) is 0 Å². The van der Waals surface area contributed by atoms with E-state index in [9.17, 15) is 0 Å². The zero-order valence-corrected chi connectivity index (χ0v) is 13.7. The third-order valence-electron chi connectivity index (χ3n) is 3.81. The van der Waals surface area contributed by atoms with Crippen molar-refractivity contribution in [3.05, 3.63) is 29.8 Å². The minimum Gasteiger partial charge on any atom is -0.371 e. The first-order valence-corrected chi connectivity index (χ1v) is 7.95. The fourth-order valence-corrected chi connectivity index (χ4v) is 2.41. The molecule has 0 saturated heterocycles. The molecule has 0 unspecified atom stereocenters. The molecule has 1 rings (SSSR count). The van der Waals surface area contributed by atoms with Crippen LogP contribution in [0.15, 0.2) is 24.3 Å². The lowest BCUT2D eigenvalue weighted by Crippen LogP contribution is -2.36. The van der Waals surface area contributed by atoms with Gasteiger partial charge in [0.25, 0.3) is 0 Å². The first-order valence-electron chi connectivity index (χ1n) is 7.95. The van der Waals surface area contributed by atoms with Gasteiger partial charge in [0.05, 0.1) is 0 Å². The molecule has 1 N–H and O–H groups in total. The van der Waals surface area contributed by atoms with Crippen molar-refractivity contribution in [3.63, 3.8) is 0 Å². The van der Waals surface area contributed by atoms with Crippen LogP contribution < -0.4 is 10.2 Å². The van der Waals surface area contributed by atoms with E-state index in [1.165, 1.54) is 11.3 Å². The zero-order valence-electron chi connectivity index (χ0n) is 13.7.